The molecular weight excluding hydrogens is 222 g/mol. The van der Waals surface area contributed by atoms with Gasteiger partial charge in [0.1, 0.15) is 0 Å². The number of aromatic nitrogens is 1. The van der Waals surface area contributed by atoms with Crippen LogP contribution in [0.3, 0.4) is 0 Å². The fourth-order valence-electron chi connectivity index (χ4n) is 1.37. The van der Waals surface area contributed by atoms with Gasteiger partial charge in [-0.25, -0.2) is 4.98 Å². The number of nitrogens with one attached hydrogen (secondary N) is 2. The molecule has 0 aliphatic heterocycles. The van der Waals surface area contributed by atoms with Crippen LogP contribution in [0.4, 0.5) is 0 Å². The van der Waals surface area contributed by atoms with Gasteiger partial charge < -0.3 is 10.6 Å². The fourth-order valence-corrected chi connectivity index (χ4v) is 2.19. The van der Waals surface area contributed by atoms with Crippen molar-refractivity contribution < 1.29 is 4.79 Å². The molecule has 0 aromatic carbocycles. The lowest BCUT2D eigenvalue weighted by Gasteiger charge is -2.03. The summed E-state index contributed by atoms with van der Waals surface area (Å²) in [6.45, 7) is 3.16. The molecule has 0 saturated carbocycles. The summed E-state index contributed by atoms with van der Waals surface area (Å²) >= 11 is 1.71. The molecule has 0 fully saturated rings. The molecule has 0 aliphatic carbocycles. The van der Waals surface area contributed by atoms with Gasteiger partial charge in [-0.15, -0.1) is 11.3 Å². The third-order valence-electron chi connectivity index (χ3n) is 2.14. The Kier molecular flexibility index (Phi) is 6.03. The Labute approximate surface area is 100 Å². The Balaban J connectivity index is 2.02. The van der Waals surface area contributed by atoms with E-state index in [0.717, 1.165) is 31.5 Å². The lowest BCUT2D eigenvalue weighted by molar-refractivity contribution is -0.120. The Hall–Kier alpha value is -0.940. The summed E-state index contributed by atoms with van der Waals surface area (Å²) in [5.41, 5.74) is 1.10. The van der Waals surface area contributed by atoms with Crippen LogP contribution in [-0.2, 0) is 11.2 Å². The highest BCUT2D eigenvalue weighted by Crippen LogP contribution is 2.11. The molecule has 0 atom stereocenters. The van der Waals surface area contributed by atoms with Crippen LogP contribution in [0.25, 0.3) is 0 Å². The number of nitrogens with zero attached hydrogens (tertiary/aromatic N) is 1. The average molecular weight is 241 g/mol. The first kappa shape index (κ1) is 13.1. The van der Waals surface area contributed by atoms with Gasteiger partial charge in [-0.05, 0) is 33.2 Å². The molecule has 5 heteroatoms. The van der Waals surface area contributed by atoms with Gasteiger partial charge in [0.15, 0.2) is 0 Å². The lowest BCUT2D eigenvalue weighted by Crippen LogP contribution is -2.32. The van der Waals surface area contributed by atoms with Crippen molar-refractivity contribution in [1.82, 2.24) is 15.6 Å². The molecule has 0 spiro atoms. The highest BCUT2D eigenvalue weighted by Gasteiger charge is 2.00. The zero-order valence-corrected chi connectivity index (χ0v) is 10.7. The average Bonchev–Trinajstić information content (AvgIpc) is 2.64. The van der Waals surface area contributed by atoms with Gasteiger partial charge in [-0.2, -0.15) is 0 Å². The number of carbonyl (C=O) groups excluding carboxylic acids is 1. The predicted octanol–water partition coefficient (Wildman–Crippen LogP) is 1.11. The fraction of sp³-hybridized carbons (Fsp3) is 0.636. The van der Waals surface area contributed by atoms with Gasteiger partial charge in [0.2, 0.25) is 5.91 Å². The second-order valence-electron chi connectivity index (χ2n) is 3.72. The van der Waals surface area contributed by atoms with Crippen molar-refractivity contribution >= 4 is 17.2 Å². The first-order valence-electron chi connectivity index (χ1n) is 5.54. The highest BCUT2D eigenvalue weighted by molar-refractivity contribution is 7.09. The van der Waals surface area contributed by atoms with Crippen molar-refractivity contribution in [2.45, 2.75) is 26.2 Å². The molecular formula is C11H19N3OS. The van der Waals surface area contributed by atoms with E-state index in [1.807, 2.05) is 6.92 Å². The first-order valence-corrected chi connectivity index (χ1v) is 6.42. The normalized spacial score (nSPS) is 10.4. The summed E-state index contributed by atoms with van der Waals surface area (Å²) in [6.07, 6.45) is 3.10. The van der Waals surface area contributed by atoms with Crippen LogP contribution in [0.15, 0.2) is 5.38 Å². The second-order valence-corrected chi connectivity index (χ2v) is 4.66. The van der Waals surface area contributed by atoms with Crippen LogP contribution in [-0.4, -0.2) is 31.0 Å². The minimum Gasteiger partial charge on any atom is -0.355 e. The van der Waals surface area contributed by atoms with Crippen LogP contribution in [0.1, 0.15) is 23.5 Å². The maximum Gasteiger partial charge on any atom is 0.233 e. The lowest BCUT2D eigenvalue weighted by atomic mass is 10.2. The number of hydrogen-bond acceptors (Lipinski definition) is 4. The molecule has 2 N–H and O–H groups in total. The second kappa shape index (κ2) is 7.35. The van der Waals surface area contributed by atoms with Crippen molar-refractivity contribution in [2.24, 2.45) is 0 Å². The molecule has 90 valence electrons. The Morgan fingerprint density at radius 3 is 2.94 bits per heavy atom. The van der Waals surface area contributed by atoms with E-state index in [4.69, 9.17) is 0 Å². The smallest absolute Gasteiger partial charge is 0.233 e. The SMILES string of the molecule is CNCC(=O)NCCCCc1nc(C)cs1. The van der Waals surface area contributed by atoms with Gasteiger partial charge in [0.25, 0.3) is 0 Å². The molecule has 1 amide bonds. The zero-order valence-electron chi connectivity index (χ0n) is 9.88. The molecule has 1 rings (SSSR count). The highest BCUT2D eigenvalue weighted by atomic mass is 32.1. The molecule has 0 bridgehead atoms. The van der Waals surface area contributed by atoms with Crippen LogP contribution < -0.4 is 10.6 Å². The largest absolute Gasteiger partial charge is 0.355 e. The first-order chi connectivity index (χ1) is 7.72. The summed E-state index contributed by atoms with van der Waals surface area (Å²) < 4.78 is 0. The van der Waals surface area contributed by atoms with Crippen molar-refractivity contribution in [1.29, 1.82) is 0 Å². The minimum atomic E-state index is 0.0626. The van der Waals surface area contributed by atoms with E-state index >= 15 is 0 Å². The van der Waals surface area contributed by atoms with E-state index in [9.17, 15) is 4.79 Å². The Morgan fingerprint density at radius 1 is 1.50 bits per heavy atom. The van der Waals surface area contributed by atoms with Crippen LogP contribution in [0.2, 0.25) is 0 Å². The third-order valence-corrected chi connectivity index (χ3v) is 3.17. The minimum absolute atomic E-state index is 0.0626. The van der Waals surface area contributed by atoms with Crippen LogP contribution >= 0.6 is 11.3 Å². The molecule has 4 nitrogen and oxygen atoms in total. The number of carbonyl (C=O) groups is 1. The monoisotopic (exact) mass is 241 g/mol. The predicted molar refractivity (Wildman–Crippen MR) is 66.7 cm³/mol. The number of likely N-dealkylation sites (N-methyl/N-ethyl adjacent to an activating group) is 1. The number of aryl methyl sites for hydroxylation is 2. The summed E-state index contributed by atoms with van der Waals surface area (Å²) in [4.78, 5) is 15.5. The molecule has 0 aliphatic rings. The van der Waals surface area contributed by atoms with Gasteiger partial charge in [0.05, 0.1) is 11.6 Å². The number of hydrogen-bond donors (Lipinski definition) is 2. The molecule has 0 unspecified atom stereocenters. The van der Waals surface area contributed by atoms with Gasteiger partial charge in [-0.3, -0.25) is 4.79 Å². The maximum atomic E-state index is 11.1. The van der Waals surface area contributed by atoms with Crippen molar-refractivity contribution in [2.75, 3.05) is 20.1 Å². The van der Waals surface area contributed by atoms with Crippen LogP contribution in [0, 0.1) is 6.92 Å². The third kappa shape index (κ3) is 5.23. The zero-order chi connectivity index (χ0) is 11.8. The standard InChI is InChI=1S/C11H19N3OS/c1-9-8-16-11(14-9)5-3-4-6-13-10(15)7-12-2/h8,12H,3-7H2,1-2H3,(H,13,15). The Bertz CT molecular complexity index is 325. The molecule has 1 aromatic rings. The van der Waals surface area contributed by atoms with E-state index < -0.39 is 0 Å². The maximum absolute atomic E-state index is 11.1. The topological polar surface area (TPSA) is 54.0 Å². The molecule has 0 radical (unpaired) electrons. The van der Waals surface area contributed by atoms with E-state index in [1.54, 1.807) is 18.4 Å². The summed E-state index contributed by atoms with van der Waals surface area (Å²) in [5.74, 6) is 0.0626. The summed E-state index contributed by atoms with van der Waals surface area (Å²) in [6, 6.07) is 0. The van der Waals surface area contributed by atoms with Crippen molar-refractivity contribution in [3.63, 3.8) is 0 Å². The van der Waals surface area contributed by atoms with E-state index in [2.05, 4.69) is 21.0 Å². The molecule has 16 heavy (non-hydrogen) atoms. The van der Waals surface area contributed by atoms with E-state index in [1.165, 1.54) is 5.01 Å². The number of thiazole rings is 1. The molecule has 1 aromatic heterocycles. The number of amides is 1. The molecule has 0 saturated heterocycles. The van der Waals surface area contributed by atoms with E-state index in [0.29, 0.717) is 6.54 Å². The summed E-state index contributed by atoms with van der Waals surface area (Å²) in [5, 5.41) is 8.94. The summed E-state index contributed by atoms with van der Waals surface area (Å²) in [7, 11) is 1.77. The van der Waals surface area contributed by atoms with Crippen LogP contribution in [0.5, 0.6) is 0 Å². The van der Waals surface area contributed by atoms with Crippen molar-refractivity contribution in [3.8, 4) is 0 Å². The quantitative estimate of drug-likeness (QED) is 0.703. The number of unbranched alkanes of at least 4 members (excludes halogenated alkanes) is 1. The van der Waals surface area contributed by atoms with Gasteiger partial charge >= 0.3 is 0 Å². The van der Waals surface area contributed by atoms with Crippen molar-refractivity contribution in [3.05, 3.63) is 16.1 Å². The number of rotatable bonds is 7. The molecule has 1 heterocycles. The van der Waals surface area contributed by atoms with Gasteiger partial charge in [-0.1, -0.05) is 0 Å². The Morgan fingerprint density at radius 2 is 2.31 bits per heavy atom. The van der Waals surface area contributed by atoms with Gasteiger partial charge in [0, 0.05) is 17.6 Å². The van der Waals surface area contributed by atoms with E-state index in [-0.39, 0.29) is 5.91 Å².